The van der Waals surface area contributed by atoms with Crippen LogP contribution in [0.2, 0.25) is 0 Å². The van der Waals surface area contributed by atoms with Crippen LogP contribution in [-0.4, -0.2) is 142 Å². The van der Waals surface area contributed by atoms with Gasteiger partial charge < -0.3 is 49.2 Å². The predicted octanol–water partition coefficient (Wildman–Crippen LogP) is 2.01. The number of phenolic OH excluding ortho intramolecular Hbond substituents is 2. The number of imide groups is 1. The quantitative estimate of drug-likeness (QED) is 0.0575. The molecule has 3 amide bonds. The molecule has 0 spiro atoms. The normalized spacial score (nSPS) is 26.9. The van der Waals surface area contributed by atoms with E-state index in [4.69, 9.17) is 23.7 Å². The van der Waals surface area contributed by atoms with Gasteiger partial charge in [0.25, 0.3) is 17.7 Å². The van der Waals surface area contributed by atoms with Crippen LogP contribution in [0.15, 0.2) is 53.7 Å². The van der Waals surface area contributed by atoms with Crippen LogP contribution < -0.4 is 15.1 Å². The second kappa shape index (κ2) is 17.6. The number of hydrazone groups is 1. The van der Waals surface area contributed by atoms with Gasteiger partial charge in [-0.05, 0) is 31.2 Å². The Morgan fingerprint density at radius 2 is 1.71 bits per heavy atom. The summed E-state index contributed by atoms with van der Waals surface area (Å²) in [4.78, 5) is 68.9. The number of alkyl halides is 3. The third-order valence-corrected chi connectivity index (χ3v) is 12.4. The average molecular weight is 925 g/mol. The number of rotatable bonds is 10. The van der Waals surface area contributed by atoms with E-state index in [1.807, 2.05) is 10.3 Å². The van der Waals surface area contributed by atoms with Crippen LogP contribution in [-0.2, 0) is 41.1 Å². The monoisotopic (exact) mass is 924 g/mol. The highest BCUT2D eigenvalue weighted by Crippen LogP contribution is 2.53. The number of methoxy groups -OCH3 is 2. The Labute approximate surface area is 372 Å². The fourth-order valence-corrected chi connectivity index (χ4v) is 9.16. The van der Waals surface area contributed by atoms with Gasteiger partial charge in [-0.2, -0.15) is 18.3 Å². The lowest BCUT2D eigenvalue weighted by Crippen LogP contribution is -2.59. The van der Waals surface area contributed by atoms with E-state index in [1.165, 1.54) is 32.4 Å². The summed E-state index contributed by atoms with van der Waals surface area (Å²) in [5.41, 5.74) is -5.98. The SMILES string of the molecule is COc1cccc2c1C(=O)c1c(O)c3c(c(O)c1C2=O)C[C@@](O)(/C(CO)=N\NC(=O)c1cc(N2C(=O)C=CC2=O)cc(C(F)(F)F)c1)C[C@@H]3O[C@H]1CC(N2CCO[C@H](OC)C2)[C@H](O)[C@H](C)O1. The number of carbonyl (C=O) groups excluding carboxylic acids is 5. The number of amides is 3. The number of nitrogens with zero attached hydrogens (tertiary/aromatic N) is 3. The number of nitrogens with one attached hydrogen (secondary N) is 1. The number of hydrogen-bond donors (Lipinski definition) is 6. The molecule has 5 aliphatic rings. The summed E-state index contributed by atoms with van der Waals surface area (Å²) in [7, 11) is 2.74. The number of aromatic hydroxyl groups is 2. The van der Waals surface area contributed by atoms with Crippen LogP contribution in [0.25, 0.3) is 0 Å². The van der Waals surface area contributed by atoms with Crippen molar-refractivity contribution < 1.29 is 86.4 Å². The number of benzene rings is 3. The Balaban J connectivity index is 1.19. The Morgan fingerprint density at radius 3 is 2.38 bits per heavy atom. The lowest BCUT2D eigenvalue weighted by Gasteiger charge is -2.47. The third kappa shape index (κ3) is 8.12. The van der Waals surface area contributed by atoms with Crippen molar-refractivity contribution in [2.75, 3.05) is 45.4 Å². The fraction of sp³-hybridized carbons (Fsp3) is 0.409. The van der Waals surface area contributed by atoms with Gasteiger partial charge in [0, 0.05) is 79.9 Å². The van der Waals surface area contributed by atoms with Crippen molar-refractivity contribution in [1.29, 1.82) is 0 Å². The molecule has 0 radical (unpaired) electrons. The number of ether oxygens (including phenoxy) is 5. The van der Waals surface area contributed by atoms with Gasteiger partial charge in [0.1, 0.15) is 22.8 Å². The summed E-state index contributed by atoms with van der Waals surface area (Å²) in [6.45, 7) is 1.38. The topological polar surface area (TPSA) is 264 Å². The molecular formula is C44H43F3N4O15. The molecule has 0 saturated carbocycles. The minimum absolute atomic E-state index is 0.00513. The zero-order valence-electron chi connectivity index (χ0n) is 35.3. The molecular weight excluding hydrogens is 881 g/mol. The molecule has 3 heterocycles. The van der Waals surface area contributed by atoms with E-state index in [-0.39, 0.29) is 47.6 Å². The highest BCUT2D eigenvalue weighted by molar-refractivity contribution is 6.31. The number of halogens is 3. The van der Waals surface area contributed by atoms with Crippen molar-refractivity contribution in [2.45, 2.75) is 74.9 Å². The maximum atomic E-state index is 14.2. The van der Waals surface area contributed by atoms with E-state index in [9.17, 15) is 62.7 Å². The molecule has 19 nitrogen and oxygen atoms in total. The van der Waals surface area contributed by atoms with E-state index >= 15 is 0 Å². The van der Waals surface area contributed by atoms with Gasteiger partial charge in [-0.25, -0.2) is 10.3 Å². The van der Waals surface area contributed by atoms with Crippen molar-refractivity contribution in [3.8, 4) is 17.2 Å². The number of phenols is 2. The van der Waals surface area contributed by atoms with Crippen LogP contribution in [0, 0.1) is 0 Å². The first-order valence-corrected chi connectivity index (χ1v) is 20.5. The van der Waals surface area contributed by atoms with Gasteiger partial charge in [0.2, 0.25) is 5.78 Å². The molecule has 2 aliphatic carbocycles. The molecule has 6 N–H and O–H groups in total. The van der Waals surface area contributed by atoms with E-state index < -0.39 is 143 Å². The van der Waals surface area contributed by atoms with Gasteiger partial charge in [0.15, 0.2) is 18.4 Å². The minimum Gasteiger partial charge on any atom is -0.507 e. The van der Waals surface area contributed by atoms with Crippen LogP contribution in [0.1, 0.15) is 84.8 Å². The number of anilines is 1. The van der Waals surface area contributed by atoms with Gasteiger partial charge in [-0.15, -0.1) is 0 Å². The van der Waals surface area contributed by atoms with E-state index in [0.717, 1.165) is 18.2 Å². The minimum atomic E-state index is -5.05. The number of fused-ring (bicyclic) bond motifs is 3. The summed E-state index contributed by atoms with van der Waals surface area (Å²) in [6.07, 6.45) is -10.2. The standard InChI is InChI=1S/C44H43F3N4O15/c1-19-37(55)25(50-9-10-64-32(17-50)63-3)14-31(65-19)66-27-16-43(61,15-24-34(27)41(59)36-35(39(24)57)38(56)23-5-4-6-26(62-2)33(23)40(36)58)28(18-52)48-49-42(60)20-11-21(44(45,46)47)13-22(12-20)51-29(53)7-8-30(51)54/h4-8,11-13,19,25,27,31-32,37,52,55,57,59,61H,9-10,14-18H2,1-3H3,(H,49,60)/b48-28-/t19-,25?,27-,31-,32-,37+,43-/m0/s1. The molecule has 7 atom stereocenters. The van der Waals surface area contributed by atoms with Crippen LogP contribution >= 0.6 is 0 Å². The summed E-state index contributed by atoms with van der Waals surface area (Å²) in [5, 5.41) is 62.5. The van der Waals surface area contributed by atoms with Gasteiger partial charge in [-0.1, -0.05) is 12.1 Å². The van der Waals surface area contributed by atoms with Gasteiger partial charge in [0.05, 0.1) is 72.3 Å². The lowest BCUT2D eigenvalue weighted by molar-refractivity contribution is -0.265. The summed E-state index contributed by atoms with van der Waals surface area (Å²) < 4.78 is 71.0. The summed E-state index contributed by atoms with van der Waals surface area (Å²) >= 11 is 0. The fourth-order valence-electron chi connectivity index (χ4n) is 9.16. The first-order chi connectivity index (χ1) is 31.3. The van der Waals surface area contributed by atoms with Crippen LogP contribution in [0.4, 0.5) is 18.9 Å². The van der Waals surface area contributed by atoms with Gasteiger partial charge in [-0.3, -0.25) is 28.9 Å². The van der Waals surface area contributed by atoms with Crippen LogP contribution in [0.3, 0.4) is 0 Å². The van der Waals surface area contributed by atoms with E-state index in [1.54, 1.807) is 6.92 Å². The number of morpholine rings is 1. The molecule has 22 heteroatoms. The van der Waals surface area contributed by atoms with Crippen molar-refractivity contribution in [2.24, 2.45) is 5.10 Å². The molecule has 1 unspecified atom stereocenters. The van der Waals surface area contributed by atoms with Crippen molar-refractivity contribution in [1.82, 2.24) is 10.3 Å². The second-order valence-corrected chi connectivity index (χ2v) is 16.3. The Bertz CT molecular complexity index is 2580. The molecule has 0 aromatic heterocycles. The smallest absolute Gasteiger partial charge is 0.416 e. The maximum Gasteiger partial charge on any atom is 0.416 e. The first kappa shape index (κ1) is 46.4. The zero-order chi connectivity index (χ0) is 47.6. The Morgan fingerprint density at radius 1 is 1.00 bits per heavy atom. The molecule has 3 aromatic rings. The van der Waals surface area contributed by atoms with E-state index in [2.05, 4.69) is 5.10 Å². The summed E-state index contributed by atoms with van der Waals surface area (Å²) in [5.74, 6) is -6.68. The highest BCUT2D eigenvalue weighted by Gasteiger charge is 2.50. The number of aliphatic hydroxyl groups excluding tert-OH is 2. The highest BCUT2D eigenvalue weighted by atomic mass is 19.4. The molecule has 3 aliphatic heterocycles. The van der Waals surface area contributed by atoms with Crippen molar-refractivity contribution in [3.05, 3.63) is 93.1 Å². The van der Waals surface area contributed by atoms with E-state index in [0.29, 0.717) is 23.6 Å². The predicted molar refractivity (Wildman–Crippen MR) is 219 cm³/mol. The molecule has 66 heavy (non-hydrogen) atoms. The number of aliphatic hydroxyl groups is 3. The van der Waals surface area contributed by atoms with Crippen molar-refractivity contribution >= 4 is 40.7 Å². The zero-order valence-corrected chi connectivity index (χ0v) is 35.3. The van der Waals surface area contributed by atoms with Crippen molar-refractivity contribution in [3.63, 3.8) is 0 Å². The number of hydrogen-bond acceptors (Lipinski definition) is 17. The number of carbonyl (C=O) groups is 5. The molecule has 2 fully saturated rings. The lowest BCUT2D eigenvalue weighted by atomic mass is 9.71. The van der Waals surface area contributed by atoms with Crippen LogP contribution in [0.5, 0.6) is 17.2 Å². The summed E-state index contributed by atoms with van der Waals surface area (Å²) in [6, 6.07) is 5.32. The van der Waals surface area contributed by atoms with Gasteiger partial charge >= 0.3 is 6.18 Å². The Kier molecular flexibility index (Phi) is 12.4. The molecule has 2 saturated heterocycles. The molecule has 3 aromatic carbocycles. The average Bonchev–Trinajstić information content (AvgIpc) is 3.63. The molecule has 0 bridgehead atoms. The molecule has 350 valence electrons. The Hall–Kier alpha value is -6.11. The maximum absolute atomic E-state index is 14.2. The number of ketones is 2. The second-order valence-electron chi connectivity index (χ2n) is 16.3. The largest absolute Gasteiger partial charge is 0.507 e. The first-order valence-electron chi connectivity index (χ1n) is 20.5. The molecule has 8 rings (SSSR count). The third-order valence-electron chi connectivity index (χ3n) is 12.4.